The number of imidazole rings is 1. The molecule has 0 saturated heterocycles. The highest BCUT2D eigenvalue weighted by molar-refractivity contribution is 7.99. The van der Waals surface area contributed by atoms with Gasteiger partial charge in [0, 0.05) is 37.1 Å². The maximum atomic E-state index is 13.6. The van der Waals surface area contributed by atoms with Gasteiger partial charge in [0.05, 0.1) is 23.7 Å². The number of nitrogens with one attached hydrogen (secondary N) is 1. The third kappa shape index (κ3) is 3.95. The number of rotatable bonds is 5. The molecule has 0 unspecified atom stereocenters. The van der Waals surface area contributed by atoms with Crippen molar-refractivity contribution in [1.29, 1.82) is 0 Å². The van der Waals surface area contributed by atoms with E-state index in [-0.39, 0.29) is 5.82 Å². The van der Waals surface area contributed by atoms with Crippen molar-refractivity contribution in [3.05, 3.63) is 53.5 Å². The lowest BCUT2D eigenvalue weighted by Crippen LogP contribution is -2.35. The lowest BCUT2D eigenvalue weighted by atomic mass is 10.3. The lowest BCUT2D eigenvalue weighted by molar-refractivity contribution is 0.0520. The molecule has 0 spiro atoms. The summed E-state index contributed by atoms with van der Waals surface area (Å²) in [7, 11) is 0. The van der Waals surface area contributed by atoms with Crippen LogP contribution < -0.4 is 10.2 Å². The maximum absolute atomic E-state index is 13.6. The summed E-state index contributed by atoms with van der Waals surface area (Å²) in [4.78, 5) is 29.1. The highest BCUT2D eigenvalue weighted by Gasteiger charge is 2.26. The van der Waals surface area contributed by atoms with Gasteiger partial charge in [-0.15, -0.1) is 11.8 Å². The Morgan fingerprint density at radius 1 is 1.29 bits per heavy atom. The first-order chi connectivity index (χ1) is 15.1. The average Bonchev–Trinajstić information content (AvgIpc) is 3.40. The summed E-state index contributed by atoms with van der Waals surface area (Å²) in [6.45, 7) is 3.94. The van der Waals surface area contributed by atoms with E-state index in [0.29, 0.717) is 49.4 Å². The van der Waals surface area contributed by atoms with Gasteiger partial charge in [-0.2, -0.15) is 4.98 Å². The Hall–Kier alpha value is -3.14. The van der Waals surface area contributed by atoms with E-state index in [4.69, 9.17) is 14.7 Å². The van der Waals surface area contributed by atoms with E-state index in [2.05, 4.69) is 15.2 Å². The molecule has 8 nitrogen and oxygen atoms in total. The molecule has 10 heteroatoms. The fourth-order valence-electron chi connectivity index (χ4n) is 3.71. The second kappa shape index (κ2) is 8.18. The van der Waals surface area contributed by atoms with Crippen LogP contribution in [0.2, 0.25) is 0 Å². The van der Waals surface area contributed by atoms with Gasteiger partial charge in [0.1, 0.15) is 17.5 Å². The molecule has 2 aliphatic heterocycles. The molecule has 3 aromatic rings. The first-order valence-electron chi connectivity index (χ1n) is 10.1. The van der Waals surface area contributed by atoms with Crippen molar-refractivity contribution in [3.63, 3.8) is 0 Å². The number of hydrogen-bond acceptors (Lipinski definition) is 8. The molecule has 0 aliphatic carbocycles. The number of ether oxygens (including phenoxy) is 1. The molecular formula is C21H21FN6O2S. The lowest BCUT2D eigenvalue weighted by Gasteiger charge is -2.28. The first-order valence-corrected chi connectivity index (χ1v) is 11.1. The Labute approximate surface area is 182 Å². The quantitative estimate of drug-likeness (QED) is 0.605. The number of anilines is 3. The van der Waals surface area contributed by atoms with Crippen molar-refractivity contribution >= 4 is 35.2 Å². The Bertz CT molecular complexity index is 1150. The van der Waals surface area contributed by atoms with Crippen LogP contribution in [0.3, 0.4) is 0 Å². The molecule has 0 radical (unpaired) electrons. The van der Waals surface area contributed by atoms with Crippen LogP contribution >= 0.6 is 11.8 Å². The number of halogens is 1. The number of carbonyl (C=O) groups excluding carboxylic acids is 1. The molecule has 2 aliphatic rings. The van der Waals surface area contributed by atoms with Gasteiger partial charge in [0.25, 0.3) is 0 Å². The molecule has 160 valence electrons. The van der Waals surface area contributed by atoms with Crippen LogP contribution in [0, 0.1) is 5.82 Å². The molecule has 0 atom stereocenters. The SMILES string of the molecule is CCOC(=O)c1cn2c(n1)CN(c1nc3c(c(Nc4cccc(F)c4)n1)SCC3)CC2. The van der Waals surface area contributed by atoms with Crippen molar-refractivity contribution < 1.29 is 13.9 Å². The zero-order valence-corrected chi connectivity index (χ0v) is 17.8. The van der Waals surface area contributed by atoms with E-state index in [0.717, 1.165) is 28.6 Å². The molecule has 1 N–H and O–H groups in total. The van der Waals surface area contributed by atoms with Crippen molar-refractivity contribution in [3.8, 4) is 0 Å². The van der Waals surface area contributed by atoms with Crippen LogP contribution in [0.25, 0.3) is 0 Å². The molecule has 31 heavy (non-hydrogen) atoms. The highest BCUT2D eigenvalue weighted by Crippen LogP contribution is 2.38. The minimum Gasteiger partial charge on any atom is -0.461 e. The summed E-state index contributed by atoms with van der Waals surface area (Å²) >= 11 is 1.71. The minimum atomic E-state index is -0.414. The fourth-order valence-corrected chi connectivity index (χ4v) is 4.76. The second-order valence-corrected chi connectivity index (χ2v) is 8.36. The molecule has 1 aromatic carbocycles. The van der Waals surface area contributed by atoms with Crippen LogP contribution in [-0.4, -0.2) is 44.4 Å². The molecule has 4 heterocycles. The topological polar surface area (TPSA) is 85.2 Å². The molecule has 0 saturated carbocycles. The Morgan fingerprint density at radius 3 is 3.03 bits per heavy atom. The summed E-state index contributed by atoms with van der Waals surface area (Å²) in [5.74, 6) is 2.29. The van der Waals surface area contributed by atoms with E-state index >= 15 is 0 Å². The number of fused-ring (bicyclic) bond motifs is 2. The number of hydrogen-bond donors (Lipinski definition) is 1. The molecule has 0 amide bonds. The number of benzene rings is 1. The van der Waals surface area contributed by atoms with Crippen molar-refractivity contribution in [2.24, 2.45) is 0 Å². The van der Waals surface area contributed by atoms with Gasteiger partial charge in [0.15, 0.2) is 5.69 Å². The third-order valence-electron chi connectivity index (χ3n) is 5.17. The van der Waals surface area contributed by atoms with E-state index in [9.17, 15) is 9.18 Å². The van der Waals surface area contributed by atoms with Gasteiger partial charge in [-0.1, -0.05) is 6.07 Å². The summed E-state index contributed by atoms with van der Waals surface area (Å²) < 4.78 is 20.7. The molecule has 0 fully saturated rings. The number of carbonyl (C=O) groups is 1. The smallest absolute Gasteiger partial charge is 0.358 e. The van der Waals surface area contributed by atoms with Gasteiger partial charge in [0.2, 0.25) is 5.95 Å². The maximum Gasteiger partial charge on any atom is 0.358 e. The third-order valence-corrected chi connectivity index (χ3v) is 6.29. The molecular weight excluding hydrogens is 419 g/mol. The number of aromatic nitrogens is 4. The Morgan fingerprint density at radius 2 is 2.19 bits per heavy atom. The van der Waals surface area contributed by atoms with Crippen LogP contribution in [0.5, 0.6) is 0 Å². The Kier molecular flexibility index (Phi) is 5.23. The summed E-state index contributed by atoms with van der Waals surface area (Å²) in [5.41, 5.74) is 1.96. The van der Waals surface area contributed by atoms with Crippen LogP contribution in [0.15, 0.2) is 35.4 Å². The van der Waals surface area contributed by atoms with E-state index in [1.165, 1.54) is 12.1 Å². The van der Waals surface area contributed by atoms with E-state index in [1.807, 2.05) is 10.6 Å². The second-order valence-electron chi connectivity index (χ2n) is 7.26. The van der Waals surface area contributed by atoms with Crippen LogP contribution in [0.1, 0.15) is 28.9 Å². The molecule has 0 bridgehead atoms. The zero-order valence-electron chi connectivity index (χ0n) is 17.0. The van der Waals surface area contributed by atoms with Gasteiger partial charge < -0.3 is 19.5 Å². The normalized spacial score (nSPS) is 14.8. The van der Waals surface area contributed by atoms with Crippen LogP contribution in [0.4, 0.5) is 21.8 Å². The van der Waals surface area contributed by atoms with Gasteiger partial charge in [-0.25, -0.2) is 19.2 Å². The van der Waals surface area contributed by atoms with Gasteiger partial charge in [-0.3, -0.25) is 0 Å². The minimum absolute atomic E-state index is 0.302. The van der Waals surface area contributed by atoms with Crippen molar-refractivity contribution in [2.75, 3.05) is 29.1 Å². The first kappa shape index (κ1) is 19.8. The van der Waals surface area contributed by atoms with Gasteiger partial charge >= 0.3 is 5.97 Å². The predicted molar refractivity (Wildman–Crippen MR) is 115 cm³/mol. The van der Waals surface area contributed by atoms with Gasteiger partial charge in [-0.05, 0) is 25.1 Å². The van der Waals surface area contributed by atoms with Crippen LogP contribution in [-0.2, 0) is 24.2 Å². The summed E-state index contributed by atoms with van der Waals surface area (Å²) in [6, 6.07) is 6.34. The van der Waals surface area contributed by atoms with Crippen molar-refractivity contribution in [1.82, 2.24) is 19.5 Å². The molecule has 2 aromatic heterocycles. The largest absolute Gasteiger partial charge is 0.461 e. The summed E-state index contributed by atoms with van der Waals surface area (Å²) in [5, 5.41) is 3.26. The average molecular weight is 441 g/mol. The summed E-state index contributed by atoms with van der Waals surface area (Å²) in [6.07, 6.45) is 2.60. The number of aryl methyl sites for hydroxylation is 1. The van der Waals surface area contributed by atoms with E-state index in [1.54, 1.807) is 30.9 Å². The fraction of sp³-hybridized carbons (Fsp3) is 0.333. The zero-order chi connectivity index (χ0) is 21.4. The van der Waals surface area contributed by atoms with Crippen molar-refractivity contribution in [2.45, 2.75) is 31.3 Å². The Balaban J connectivity index is 1.43. The highest BCUT2D eigenvalue weighted by atomic mass is 32.2. The monoisotopic (exact) mass is 440 g/mol. The number of esters is 1. The number of nitrogens with zero attached hydrogens (tertiary/aromatic N) is 5. The number of thioether (sulfide) groups is 1. The standard InChI is InChI=1S/C21H21FN6O2S/c1-2-30-20(29)16-11-27-7-8-28(12-17(27)24-16)21-25-15-6-9-31-18(15)19(26-21)23-14-5-3-4-13(22)10-14/h3-5,10-11H,2,6-9,12H2,1H3,(H,23,25,26). The predicted octanol–water partition coefficient (Wildman–Crippen LogP) is 3.40. The van der Waals surface area contributed by atoms with E-state index < -0.39 is 5.97 Å². The molecule has 5 rings (SSSR count).